The molecule has 0 radical (unpaired) electrons. The maximum atomic E-state index is 11.0. The summed E-state index contributed by atoms with van der Waals surface area (Å²) in [5.41, 5.74) is 1.05. The molecule has 58 valence electrons. The fourth-order valence-electron chi connectivity index (χ4n) is 0.513. The molecule has 0 aliphatic carbocycles. The Balaban J connectivity index is 3.97. The quantitative estimate of drug-likeness (QED) is 0.533. The monoisotopic (exact) mass is 141 g/mol. The molecule has 0 aromatic rings. The SMILES string of the molecule is CCN(C)C(=O)C=C(C)C. The van der Waals surface area contributed by atoms with E-state index in [9.17, 15) is 4.79 Å². The number of carbonyl (C=O) groups is 1. The van der Waals surface area contributed by atoms with E-state index in [1.54, 1.807) is 18.0 Å². The summed E-state index contributed by atoms with van der Waals surface area (Å²) in [5.74, 6) is 0.0856. The summed E-state index contributed by atoms with van der Waals surface area (Å²) in [6.07, 6.45) is 1.64. The minimum Gasteiger partial charge on any atom is -0.343 e. The molecule has 0 aliphatic rings. The molecule has 0 heterocycles. The summed E-state index contributed by atoms with van der Waals surface area (Å²) in [6, 6.07) is 0. The van der Waals surface area contributed by atoms with Crippen molar-refractivity contribution in [3.8, 4) is 0 Å². The van der Waals surface area contributed by atoms with Crippen LogP contribution in [-0.4, -0.2) is 24.4 Å². The summed E-state index contributed by atoms with van der Waals surface area (Å²) in [4.78, 5) is 12.7. The third-order valence-corrected chi connectivity index (χ3v) is 1.26. The Kier molecular flexibility index (Phi) is 3.77. The first kappa shape index (κ1) is 9.21. The van der Waals surface area contributed by atoms with Crippen LogP contribution in [0.5, 0.6) is 0 Å². The van der Waals surface area contributed by atoms with Gasteiger partial charge in [-0.1, -0.05) is 5.57 Å². The summed E-state index contributed by atoms with van der Waals surface area (Å²) >= 11 is 0. The van der Waals surface area contributed by atoms with Crippen molar-refractivity contribution in [3.05, 3.63) is 11.6 Å². The van der Waals surface area contributed by atoms with E-state index in [0.717, 1.165) is 12.1 Å². The first-order chi connectivity index (χ1) is 4.57. The zero-order valence-electron chi connectivity index (χ0n) is 7.14. The van der Waals surface area contributed by atoms with Gasteiger partial charge < -0.3 is 4.90 Å². The third kappa shape index (κ3) is 3.28. The Morgan fingerprint density at radius 3 is 2.30 bits per heavy atom. The van der Waals surface area contributed by atoms with Gasteiger partial charge in [-0.15, -0.1) is 0 Å². The van der Waals surface area contributed by atoms with Crippen LogP contribution in [0.3, 0.4) is 0 Å². The molecule has 10 heavy (non-hydrogen) atoms. The van der Waals surface area contributed by atoms with Crippen LogP contribution in [0.2, 0.25) is 0 Å². The maximum absolute atomic E-state index is 11.0. The molecule has 0 unspecified atom stereocenters. The first-order valence-corrected chi connectivity index (χ1v) is 3.48. The highest BCUT2D eigenvalue weighted by Crippen LogP contribution is 1.92. The number of nitrogens with zero attached hydrogens (tertiary/aromatic N) is 1. The highest BCUT2D eigenvalue weighted by Gasteiger charge is 1.99. The van der Waals surface area contributed by atoms with Crippen LogP contribution in [-0.2, 0) is 4.79 Å². The average molecular weight is 141 g/mol. The van der Waals surface area contributed by atoms with Crippen molar-refractivity contribution >= 4 is 5.91 Å². The molecule has 1 amide bonds. The van der Waals surface area contributed by atoms with E-state index in [0.29, 0.717) is 0 Å². The predicted octanol–water partition coefficient (Wildman–Crippen LogP) is 1.43. The molecule has 0 saturated carbocycles. The number of carbonyl (C=O) groups excluding carboxylic acids is 1. The molecule has 0 rings (SSSR count). The van der Waals surface area contributed by atoms with E-state index in [4.69, 9.17) is 0 Å². The highest BCUT2D eigenvalue weighted by molar-refractivity contribution is 5.87. The smallest absolute Gasteiger partial charge is 0.246 e. The predicted molar refractivity (Wildman–Crippen MR) is 42.7 cm³/mol. The molecule has 0 N–H and O–H groups in total. The minimum atomic E-state index is 0.0856. The Labute approximate surface area is 62.5 Å². The zero-order chi connectivity index (χ0) is 8.15. The second-order valence-electron chi connectivity index (χ2n) is 2.57. The van der Waals surface area contributed by atoms with Crippen LogP contribution in [0.25, 0.3) is 0 Å². The third-order valence-electron chi connectivity index (χ3n) is 1.26. The van der Waals surface area contributed by atoms with Gasteiger partial charge in [-0.25, -0.2) is 0 Å². The van der Waals surface area contributed by atoms with Crippen molar-refractivity contribution in [2.75, 3.05) is 13.6 Å². The normalized spacial score (nSPS) is 8.80. The van der Waals surface area contributed by atoms with E-state index in [2.05, 4.69) is 0 Å². The molecule has 0 atom stereocenters. The van der Waals surface area contributed by atoms with Crippen molar-refractivity contribution in [2.45, 2.75) is 20.8 Å². The van der Waals surface area contributed by atoms with E-state index in [1.807, 2.05) is 20.8 Å². The largest absolute Gasteiger partial charge is 0.343 e. The van der Waals surface area contributed by atoms with Crippen molar-refractivity contribution in [2.24, 2.45) is 0 Å². The fraction of sp³-hybridized carbons (Fsp3) is 0.625. The van der Waals surface area contributed by atoms with Gasteiger partial charge in [0.15, 0.2) is 0 Å². The summed E-state index contributed by atoms with van der Waals surface area (Å²) < 4.78 is 0. The van der Waals surface area contributed by atoms with Gasteiger partial charge in [0.2, 0.25) is 5.91 Å². The number of hydrogen-bond donors (Lipinski definition) is 0. The van der Waals surface area contributed by atoms with Gasteiger partial charge in [0.05, 0.1) is 0 Å². The number of amides is 1. The van der Waals surface area contributed by atoms with Crippen LogP contribution < -0.4 is 0 Å². The minimum absolute atomic E-state index is 0.0856. The molecule has 0 bridgehead atoms. The fourth-order valence-corrected chi connectivity index (χ4v) is 0.513. The zero-order valence-corrected chi connectivity index (χ0v) is 7.14. The van der Waals surface area contributed by atoms with Crippen LogP contribution in [0.15, 0.2) is 11.6 Å². The van der Waals surface area contributed by atoms with E-state index >= 15 is 0 Å². The van der Waals surface area contributed by atoms with Crippen molar-refractivity contribution in [3.63, 3.8) is 0 Å². The number of rotatable bonds is 2. The molecule has 0 spiro atoms. The first-order valence-electron chi connectivity index (χ1n) is 3.48. The van der Waals surface area contributed by atoms with Crippen molar-refractivity contribution in [1.29, 1.82) is 0 Å². The lowest BCUT2D eigenvalue weighted by Crippen LogP contribution is -2.24. The number of hydrogen-bond acceptors (Lipinski definition) is 1. The second kappa shape index (κ2) is 4.09. The van der Waals surface area contributed by atoms with Gasteiger partial charge in [0, 0.05) is 19.7 Å². The molecule has 0 aromatic carbocycles. The lowest BCUT2D eigenvalue weighted by Gasteiger charge is -2.11. The summed E-state index contributed by atoms with van der Waals surface area (Å²) in [6.45, 7) is 6.56. The average Bonchev–Trinajstić information content (AvgIpc) is 1.85. The Morgan fingerprint density at radius 2 is 2.00 bits per heavy atom. The molecular formula is C8H15NO. The summed E-state index contributed by atoms with van der Waals surface area (Å²) in [7, 11) is 1.79. The van der Waals surface area contributed by atoms with Crippen molar-refractivity contribution in [1.82, 2.24) is 4.90 Å². The van der Waals surface area contributed by atoms with Crippen molar-refractivity contribution < 1.29 is 4.79 Å². The highest BCUT2D eigenvalue weighted by atomic mass is 16.2. The Bertz CT molecular complexity index is 145. The second-order valence-corrected chi connectivity index (χ2v) is 2.57. The lowest BCUT2D eigenvalue weighted by atomic mass is 10.3. The van der Waals surface area contributed by atoms with Gasteiger partial charge in [-0.05, 0) is 20.8 Å². The van der Waals surface area contributed by atoms with E-state index < -0.39 is 0 Å². The molecular weight excluding hydrogens is 126 g/mol. The maximum Gasteiger partial charge on any atom is 0.246 e. The van der Waals surface area contributed by atoms with Crippen LogP contribution in [0.4, 0.5) is 0 Å². The standard InChI is InChI=1S/C8H15NO/c1-5-9(4)8(10)6-7(2)3/h6H,5H2,1-4H3. The molecule has 0 fully saturated rings. The molecule has 2 heteroatoms. The number of allylic oxidation sites excluding steroid dienone is 1. The van der Waals surface area contributed by atoms with Gasteiger partial charge in [0.1, 0.15) is 0 Å². The molecule has 0 saturated heterocycles. The van der Waals surface area contributed by atoms with Crippen LogP contribution in [0, 0.1) is 0 Å². The topological polar surface area (TPSA) is 20.3 Å². The lowest BCUT2D eigenvalue weighted by molar-refractivity contribution is -0.124. The van der Waals surface area contributed by atoms with Crippen LogP contribution in [0.1, 0.15) is 20.8 Å². The van der Waals surface area contributed by atoms with Gasteiger partial charge in [-0.3, -0.25) is 4.79 Å². The Hall–Kier alpha value is -0.790. The molecule has 0 aromatic heterocycles. The molecule has 0 aliphatic heterocycles. The van der Waals surface area contributed by atoms with Gasteiger partial charge in [0.25, 0.3) is 0 Å². The van der Waals surface area contributed by atoms with E-state index in [1.165, 1.54) is 0 Å². The Morgan fingerprint density at radius 1 is 1.50 bits per heavy atom. The number of likely N-dealkylation sites (N-methyl/N-ethyl adjacent to an activating group) is 1. The van der Waals surface area contributed by atoms with E-state index in [-0.39, 0.29) is 5.91 Å². The summed E-state index contributed by atoms with van der Waals surface area (Å²) in [5, 5.41) is 0. The van der Waals surface area contributed by atoms with Gasteiger partial charge >= 0.3 is 0 Å². The van der Waals surface area contributed by atoms with Gasteiger partial charge in [-0.2, -0.15) is 0 Å². The van der Waals surface area contributed by atoms with Crippen LogP contribution >= 0.6 is 0 Å². The molecule has 2 nitrogen and oxygen atoms in total.